The van der Waals surface area contributed by atoms with Crippen molar-refractivity contribution in [3.8, 4) is 0 Å². The number of rotatable bonds is 0. The second kappa shape index (κ2) is 36.9. The van der Waals surface area contributed by atoms with Crippen molar-refractivity contribution in [2.24, 2.45) is 0 Å². The van der Waals surface area contributed by atoms with Crippen LogP contribution in [-0.2, 0) is 60.0 Å². The van der Waals surface area contributed by atoms with Crippen molar-refractivity contribution in [3.63, 3.8) is 0 Å². The predicted molar refractivity (Wildman–Crippen MR) is 139 cm³/mol. The first-order valence-corrected chi connectivity index (χ1v) is 11.7. The Morgan fingerprint density at radius 2 is 0.344 bits per heavy atom. The summed E-state index contributed by atoms with van der Waals surface area (Å²) in [5, 5.41) is 27.4. The van der Waals surface area contributed by atoms with Crippen molar-refractivity contribution in [2.45, 2.75) is 25.7 Å². The van der Waals surface area contributed by atoms with E-state index >= 15 is 0 Å². The fourth-order valence-corrected chi connectivity index (χ4v) is 3.06. The molecule has 2 heterocycles. The van der Waals surface area contributed by atoms with Crippen LogP contribution < -0.4 is 42.5 Å². The van der Waals surface area contributed by atoms with E-state index in [4.69, 9.17) is 0 Å². The Labute approximate surface area is 232 Å². The van der Waals surface area contributed by atoms with E-state index in [2.05, 4.69) is 42.5 Å². The van der Waals surface area contributed by atoms with Gasteiger partial charge in [-0.15, -0.1) is 0 Å². The molecule has 2 aliphatic heterocycles. The van der Waals surface area contributed by atoms with Gasteiger partial charge in [0.15, 0.2) is 0 Å². The minimum absolute atomic E-state index is 0. The molecule has 0 radical (unpaired) electrons. The Hall–Kier alpha value is 1.37. The van der Waals surface area contributed by atoms with Gasteiger partial charge in [-0.25, -0.2) is 0 Å². The zero-order valence-corrected chi connectivity index (χ0v) is 23.4. The zero-order chi connectivity index (χ0) is 19.8. The molecule has 0 bridgehead atoms. The van der Waals surface area contributed by atoms with E-state index in [9.17, 15) is 0 Å². The molecule has 8 nitrogen and oxygen atoms in total. The van der Waals surface area contributed by atoms with Crippen molar-refractivity contribution < 1.29 is 33.0 Å². The van der Waals surface area contributed by atoms with E-state index in [1.807, 2.05) is 0 Å². The number of nitrogens with one attached hydrogen (secondary N) is 8. The summed E-state index contributed by atoms with van der Waals surface area (Å²) < 4.78 is 0. The van der Waals surface area contributed by atoms with Crippen LogP contribution in [0.5, 0.6) is 0 Å². The van der Waals surface area contributed by atoms with Crippen molar-refractivity contribution in [3.05, 3.63) is 0 Å². The standard InChI is InChI=1S/2C10H24N4.2Ni.2H2S/c2*1-3-11-7-9-13-5-2-6-14-10-8-12-4-1;;;;/h2*11-14H,1-10H2;;;2*1H2/p-2. The molecule has 0 aromatic rings. The molecule has 0 atom stereocenters. The molecule has 12 heteroatoms. The summed E-state index contributed by atoms with van der Waals surface area (Å²) >= 11 is 0. The topological polar surface area (TPSA) is 96.2 Å². The normalized spacial score (nSPS) is 21.0. The number of thiol groups is 2. The van der Waals surface area contributed by atoms with E-state index < -0.39 is 0 Å². The molecule has 0 saturated carbocycles. The van der Waals surface area contributed by atoms with Gasteiger partial charge in [-0.05, 0) is 78.0 Å². The van der Waals surface area contributed by atoms with Crippen LogP contribution in [0.1, 0.15) is 25.7 Å². The average molecular weight is 584 g/mol. The van der Waals surface area contributed by atoms with Crippen molar-refractivity contribution >= 4 is 27.0 Å². The van der Waals surface area contributed by atoms with Gasteiger partial charge >= 0.3 is 0 Å². The zero-order valence-electron chi connectivity index (χ0n) is 19.7. The average Bonchev–Trinajstić information content (AvgIpc) is 2.72. The maximum Gasteiger partial charge on any atom is 0.00767 e. The third-order valence-electron chi connectivity index (χ3n) is 4.74. The van der Waals surface area contributed by atoms with Gasteiger partial charge < -0.3 is 69.5 Å². The first-order valence-electron chi connectivity index (χ1n) is 11.7. The summed E-state index contributed by atoms with van der Waals surface area (Å²) in [5.74, 6) is 0. The van der Waals surface area contributed by atoms with Gasteiger partial charge in [-0.3, -0.25) is 0 Å². The fourth-order valence-electron chi connectivity index (χ4n) is 3.06. The molecule has 204 valence electrons. The Kier molecular flexibility index (Phi) is 46.8. The van der Waals surface area contributed by atoms with Crippen LogP contribution in [0.4, 0.5) is 0 Å². The smallest absolute Gasteiger partial charge is 0.00767 e. The van der Waals surface area contributed by atoms with Crippen LogP contribution in [0.3, 0.4) is 0 Å². The molecule has 8 N–H and O–H groups in total. The maximum atomic E-state index is 3.42. The molecular weight excluding hydrogens is 534 g/mol. The summed E-state index contributed by atoms with van der Waals surface area (Å²) in [6, 6.07) is 0. The van der Waals surface area contributed by atoms with Gasteiger partial charge in [-0.1, -0.05) is 0 Å². The van der Waals surface area contributed by atoms with Crippen LogP contribution in [-0.4, -0.2) is 105 Å². The van der Waals surface area contributed by atoms with E-state index in [1.165, 1.54) is 25.7 Å². The van der Waals surface area contributed by atoms with E-state index in [0.29, 0.717) is 0 Å². The summed E-state index contributed by atoms with van der Waals surface area (Å²) in [6.45, 7) is 17.7. The fraction of sp³-hybridized carbons (Fsp3) is 1.00. The molecule has 0 aliphatic carbocycles. The molecule has 0 unspecified atom stereocenters. The van der Waals surface area contributed by atoms with Gasteiger partial charge in [0, 0.05) is 85.3 Å². The summed E-state index contributed by atoms with van der Waals surface area (Å²) in [5.41, 5.74) is 0. The monoisotopic (exact) mass is 582 g/mol. The quantitative estimate of drug-likeness (QED) is 0.0907. The van der Waals surface area contributed by atoms with E-state index in [0.717, 1.165) is 105 Å². The predicted octanol–water partition coefficient (Wildman–Crippen LogP) is -2.27. The first kappa shape index (κ1) is 40.5. The molecule has 0 spiro atoms. The molecule has 2 aliphatic rings. The van der Waals surface area contributed by atoms with Crippen LogP contribution in [0.15, 0.2) is 0 Å². The Bertz CT molecular complexity index is 180. The molecule has 32 heavy (non-hydrogen) atoms. The van der Waals surface area contributed by atoms with E-state index in [-0.39, 0.29) is 60.0 Å². The minimum Gasteiger partial charge on any atom is -0.813 e. The third kappa shape index (κ3) is 33.5. The summed E-state index contributed by atoms with van der Waals surface area (Å²) in [4.78, 5) is 0. The second-order valence-corrected chi connectivity index (χ2v) is 7.41. The van der Waals surface area contributed by atoms with Crippen LogP contribution in [0, 0.1) is 0 Å². The molecule has 2 saturated heterocycles. The van der Waals surface area contributed by atoms with E-state index in [1.54, 1.807) is 0 Å². The maximum absolute atomic E-state index is 3.42. The molecule has 0 aromatic carbocycles. The van der Waals surface area contributed by atoms with Crippen LogP contribution in [0.25, 0.3) is 0 Å². The molecule has 0 amide bonds. The SMILES string of the molecule is C1CNCCNCCCNCCNC1.C1CNCCNCCCNCCNC1.[Ni].[Ni].[SH-].[SH-]. The molecule has 2 rings (SSSR count). The van der Waals surface area contributed by atoms with Crippen LogP contribution >= 0.6 is 0 Å². The molecule has 0 aromatic heterocycles. The van der Waals surface area contributed by atoms with Crippen molar-refractivity contribution in [1.82, 2.24) is 42.5 Å². The van der Waals surface area contributed by atoms with Gasteiger partial charge in [0.25, 0.3) is 0 Å². The Morgan fingerprint density at radius 1 is 0.219 bits per heavy atom. The largest absolute Gasteiger partial charge is 0.813 e. The minimum atomic E-state index is 0. The van der Waals surface area contributed by atoms with Crippen molar-refractivity contribution in [2.75, 3.05) is 105 Å². The van der Waals surface area contributed by atoms with Gasteiger partial charge in [0.2, 0.25) is 0 Å². The van der Waals surface area contributed by atoms with Gasteiger partial charge in [0.1, 0.15) is 0 Å². The Morgan fingerprint density at radius 3 is 0.469 bits per heavy atom. The molecular formula is C20H50N8Ni2S2-2. The van der Waals surface area contributed by atoms with Crippen LogP contribution in [0.2, 0.25) is 0 Å². The summed E-state index contributed by atoms with van der Waals surface area (Å²) in [6.07, 6.45) is 4.89. The third-order valence-corrected chi connectivity index (χ3v) is 4.74. The first-order chi connectivity index (χ1) is 14.0. The Balaban J connectivity index is -0.000000218. The molecule has 2 fully saturated rings. The summed E-state index contributed by atoms with van der Waals surface area (Å²) in [7, 11) is 0. The second-order valence-electron chi connectivity index (χ2n) is 7.41. The number of hydrogen-bond acceptors (Lipinski definition) is 10. The van der Waals surface area contributed by atoms with Gasteiger partial charge in [-0.2, -0.15) is 0 Å². The number of hydrogen-bond donors (Lipinski definition) is 8. The van der Waals surface area contributed by atoms with Crippen molar-refractivity contribution in [1.29, 1.82) is 0 Å². The van der Waals surface area contributed by atoms with Gasteiger partial charge in [0.05, 0.1) is 0 Å².